The molecule has 1 rings (SSSR count). The molecule has 80 valence electrons. The van der Waals surface area contributed by atoms with E-state index in [2.05, 4.69) is 4.74 Å². The van der Waals surface area contributed by atoms with Crippen LogP contribution in [0.25, 0.3) is 6.08 Å². The second-order valence-corrected chi connectivity index (χ2v) is 2.69. The van der Waals surface area contributed by atoms with E-state index in [1.165, 1.54) is 19.3 Å². The Kier molecular flexibility index (Phi) is 3.61. The maximum Gasteiger partial charge on any atom is 0.303 e. The standard InChI is InChI=1S/C9H9NO5/c1-7(11)15-6-8(10(12)13)5-9-3-2-4-14-9/h2-5H,6H2,1H3. The molecular weight excluding hydrogens is 202 g/mol. The molecule has 1 aromatic heterocycles. The monoisotopic (exact) mass is 211 g/mol. The Morgan fingerprint density at radius 3 is 2.93 bits per heavy atom. The highest BCUT2D eigenvalue weighted by molar-refractivity contribution is 5.66. The summed E-state index contributed by atoms with van der Waals surface area (Å²) in [7, 11) is 0. The third-order valence-corrected chi connectivity index (χ3v) is 1.51. The molecule has 0 fully saturated rings. The normalized spacial score (nSPS) is 11.1. The van der Waals surface area contributed by atoms with E-state index in [1.54, 1.807) is 12.1 Å². The van der Waals surface area contributed by atoms with E-state index in [4.69, 9.17) is 4.42 Å². The lowest BCUT2D eigenvalue weighted by Crippen LogP contribution is -2.09. The number of furan rings is 1. The summed E-state index contributed by atoms with van der Waals surface area (Å²) in [5.41, 5.74) is -0.236. The smallest absolute Gasteiger partial charge is 0.303 e. The minimum absolute atomic E-state index is 0.236. The van der Waals surface area contributed by atoms with Crippen molar-refractivity contribution in [3.05, 3.63) is 40.0 Å². The highest BCUT2D eigenvalue weighted by Gasteiger charge is 2.13. The number of ether oxygens (including phenoxy) is 1. The van der Waals surface area contributed by atoms with E-state index in [0.717, 1.165) is 0 Å². The van der Waals surface area contributed by atoms with Crippen LogP contribution in [0.5, 0.6) is 0 Å². The van der Waals surface area contributed by atoms with Gasteiger partial charge in [-0.1, -0.05) is 0 Å². The van der Waals surface area contributed by atoms with E-state index in [-0.39, 0.29) is 12.3 Å². The van der Waals surface area contributed by atoms with Crippen molar-refractivity contribution >= 4 is 12.0 Å². The third kappa shape index (κ3) is 3.63. The molecule has 0 amide bonds. The average Bonchev–Trinajstić information content (AvgIpc) is 2.63. The number of carbonyl (C=O) groups excluding carboxylic acids is 1. The predicted molar refractivity (Wildman–Crippen MR) is 50.3 cm³/mol. The summed E-state index contributed by atoms with van der Waals surface area (Å²) in [6, 6.07) is 3.17. The molecule has 6 heteroatoms. The number of nitro groups is 1. The first-order chi connectivity index (χ1) is 7.09. The van der Waals surface area contributed by atoms with Crippen molar-refractivity contribution in [1.82, 2.24) is 0 Å². The highest BCUT2D eigenvalue weighted by Crippen LogP contribution is 2.08. The molecule has 0 bridgehead atoms. The van der Waals surface area contributed by atoms with Gasteiger partial charge in [0.25, 0.3) is 5.70 Å². The summed E-state index contributed by atoms with van der Waals surface area (Å²) in [4.78, 5) is 20.4. The lowest BCUT2D eigenvalue weighted by molar-refractivity contribution is -0.428. The topological polar surface area (TPSA) is 82.6 Å². The van der Waals surface area contributed by atoms with Crippen LogP contribution in [0.1, 0.15) is 12.7 Å². The first-order valence-electron chi connectivity index (χ1n) is 4.11. The number of esters is 1. The molecular formula is C9H9NO5. The van der Waals surface area contributed by atoms with Gasteiger partial charge < -0.3 is 9.15 Å². The van der Waals surface area contributed by atoms with Crippen LogP contribution in [0.2, 0.25) is 0 Å². The molecule has 0 N–H and O–H groups in total. The zero-order valence-corrected chi connectivity index (χ0v) is 8.00. The predicted octanol–water partition coefficient (Wildman–Crippen LogP) is 1.46. The van der Waals surface area contributed by atoms with Crippen LogP contribution < -0.4 is 0 Å². The third-order valence-electron chi connectivity index (χ3n) is 1.51. The summed E-state index contributed by atoms with van der Waals surface area (Å²) in [5.74, 6) is -0.226. The lowest BCUT2D eigenvalue weighted by atomic mass is 10.3. The van der Waals surface area contributed by atoms with Gasteiger partial charge in [0.2, 0.25) is 0 Å². The van der Waals surface area contributed by atoms with Gasteiger partial charge in [0.1, 0.15) is 5.76 Å². The first-order valence-corrected chi connectivity index (χ1v) is 4.11. The summed E-state index contributed by atoms with van der Waals surface area (Å²) in [6.07, 6.45) is 2.61. The van der Waals surface area contributed by atoms with Gasteiger partial charge in [-0.3, -0.25) is 14.9 Å². The van der Waals surface area contributed by atoms with Gasteiger partial charge in [-0.2, -0.15) is 0 Å². The molecule has 0 spiro atoms. The largest absolute Gasteiger partial charge is 0.465 e. The van der Waals surface area contributed by atoms with Gasteiger partial charge in [0.15, 0.2) is 6.61 Å². The fourth-order valence-electron chi connectivity index (χ4n) is 0.860. The van der Waals surface area contributed by atoms with Gasteiger partial charge in [0, 0.05) is 6.92 Å². The SMILES string of the molecule is CC(=O)OCC(=Cc1ccco1)[N+](=O)[O-]. The summed E-state index contributed by atoms with van der Waals surface area (Å²) in [5, 5.41) is 10.5. The molecule has 0 aliphatic carbocycles. The second kappa shape index (κ2) is 4.94. The number of nitrogens with zero attached hydrogens (tertiary/aromatic N) is 1. The van der Waals surface area contributed by atoms with Crippen molar-refractivity contribution in [1.29, 1.82) is 0 Å². The van der Waals surface area contributed by atoms with Crippen molar-refractivity contribution in [3.63, 3.8) is 0 Å². The Balaban J connectivity index is 2.74. The Morgan fingerprint density at radius 1 is 1.73 bits per heavy atom. The molecule has 1 heterocycles. The van der Waals surface area contributed by atoms with Crippen LogP contribution in [0.15, 0.2) is 28.5 Å². The zero-order valence-electron chi connectivity index (χ0n) is 8.00. The molecule has 0 saturated carbocycles. The van der Waals surface area contributed by atoms with Crippen LogP contribution in [-0.4, -0.2) is 17.5 Å². The molecule has 0 atom stereocenters. The molecule has 6 nitrogen and oxygen atoms in total. The molecule has 0 radical (unpaired) electrons. The Bertz CT molecular complexity index is 379. The van der Waals surface area contributed by atoms with Crippen LogP contribution in [0.3, 0.4) is 0 Å². The van der Waals surface area contributed by atoms with Crippen LogP contribution in [0, 0.1) is 10.1 Å². The van der Waals surface area contributed by atoms with Crippen molar-refractivity contribution in [2.24, 2.45) is 0 Å². The minimum atomic E-state index is -0.620. The van der Waals surface area contributed by atoms with Gasteiger partial charge >= 0.3 is 5.97 Å². The number of rotatable bonds is 4. The van der Waals surface area contributed by atoms with Crippen LogP contribution in [0.4, 0.5) is 0 Å². The minimum Gasteiger partial charge on any atom is -0.465 e. The van der Waals surface area contributed by atoms with Gasteiger partial charge in [-0.05, 0) is 12.1 Å². The Labute approximate surface area is 85.3 Å². The average molecular weight is 211 g/mol. The number of hydrogen-bond acceptors (Lipinski definition) is 5. The Hall–Kier alpha value is -2.11. The molecule has 0 saturated heterocycles. The number of hydrogen-bond donors (Lipinski definition) is 0. The van der Waals surface area contributed by atoms with E-state index in [0.29, 0.717) is 5.76 Å². The second-order valence-electron chi connectivity index (χ2n) is 2.69. The van der Waals surface area contributed by atoms with E-state index in [9.17, 15) is 14.9 Å². The fourth-order valence-corrected chi connectivity index (χ4v) is 0.860. The lowest BCUT2D eigenvalue weighted by Gasteiger charge is -1.98. The van der Waals surface area contributed by atoms with Crippen molar-refractivity contribution in [2.45, 2.75) is 6.92 Å². The van der Waals surface area contributed by atoms with E-state index >= 15 is 0 Å². The molecule has 0 aliphatic heterocycles. The first kappa shape index (κ1) is 11.0. The quantitative estimate of drug-likeness (QED) is 0.427. The number of carbonyl (C=O) groups is 1. The molecule has 1 aromatic rings. The maximum absolute atomic E-state index is 10.5. The molecule has 15 heavy (non-hydrogen) atoms. The van der Waals surface area contributed by atoms with Crippen LogP contribution >= 0.6 is 0 Å². The van der Waals surface area contributed by atoms with E-state index in [1.807, 2.05) is 0 Å². The van der Waals surface area contributed by atoms with Gasteiger partial charge in [0.05, 0.1) is 17.3 Å². The van der Waals surface area contributed by atoms with Gasteiger partial charge in [-0.25, -0.2) is 0 Å². The van der Waals surface area contributed by atoms with Crippen molar-refractivity contribution in [2.75, 3.05) is 6.61 Å². The van der Waals surface area contributed by atoms with Crippen molar-refractivity contribution < 1.29 is 18.9 Å². The summed E-state index contributed by atoms with van der Waals surface area (Å²) < 4.78 is 9.42. The molecule has 0 unspecified atom stereocenters. The Morgan fingerprint density at radius 2 is 2.47 bits per heavy atom. The molecule has 0 aliphatic rings. The van der Waals surface area contributed by atoms with Crippen molar-refractivity contribution in [3.8, 4) is 0 Å². The summed E-state index contributed by atoms with van der Waals surface area (Å²) >= 11 is 0. The zero-order chi connectivity index (χ0) is 11.3. The van der Waals surface area contributed by atoms with E-state index < -0.39 is 10.9 Å². The van der Waals surface area contributed by atoms with Gasteiger partial charge in [-0.15, -0.1) is 0 Å². The highest BCUT2D eigenvalue weighted by atomic mass is 16.6. The molecule has 0 aromatic carbocycles. The van der Waals surface area contributed by atoms with Crippen LogP contribution in [-0.2, 0) is 9.53 Å². The summed E-state index contributed by atoms with van der Waals surface area (Å²) in [6.45, 7) is 0.813. The maximum atomic E-state index is 10.5. The fraction of sp³-hybridized carbons (Fsp3) is 0.222.